The van der Waals surface area contributed by atoms with E-state index in [4.69, 9.17) is 0 Å². The summed E-state index contributed by atoms with van der Waals surface area (Å²) in [6, 6.07) is 5.05. The topological polar surface area (TPSA) is 29.1 Å². The van der Waals surface area contributed by atoms with Gasteiger partial charge in [-0.25, -0.2) is 17.6 Å². The Morgan fingerprint density at radius 2 is 1.70 bits per heavy atom. The minimum Gasteiger partial charge on any atom is -0.321 e. The second-order valence-electron chi connectivity index (χ2n) is 3.80. The van der Waals surface area contributed by atoms with Crippen molar-refractivity contribution in [2.75, 3.05) is 5.32 Å². The summed E-state index contributed by atoms with van der Waals surface area (Å²) in [5.74, 6) is -6.11. The SMILES string of the molecule is O=C(Nc1ccc(F)cc1I)c1ccc(F)c(F)c1F. The van der Waals surface area contributed by atoms with E-state index < -0.39 is 34.7 Å². The molecular formula is C13H6F4INO. The van der Waals surface area contributed by atoms with Crippen LogP contribution in [0.5, 0.6) is 0 Å². The zero-order valence-corrected chi connectivity index (χ0v) is 11.8. The molecule has 0 unspecified atom stereocenters. The number of rotatable bonds is 2. The molecule has 0 heterocycles. The second kappa shape index (κ2) is 5.78. The predicted molar refractivity (Wildman–Crippen MR) is 73.4 cm³/mol. The lowest BCUT2D eigenvalue weighted by Gasteiger charge is -2.08. The maximum absolute atomic E-state index is 13.4. The lowest BCUT2D eigenvalue weighted by molar-refractivity contribution is 0.102. The average Bonchev–Trinajstić information content (AvgIpc) is 2.39. The Kier molecular flexibility index (Phi) is 4.26. The number of nitrogens with one attached hydrogen (secondary N) is 1. The van der Waals surface area contributed by atoms with Gasteiger partial charge in [0.15, 0.2) is 17.5 Å². The molecule has 0 aliphatic heterocycles. The third-order valence-corrected chi connectivity index (χ3v) is 3.35. The van der Waals surface area contributed by atoms with Crippen molar-refractivity contribution in [3.05, 3.63) is 62.7 Å². The molecule has 20 heavy (non-hydrogen) atoms. The molecular weight excluding hydrogens is 389 g/mol. The van der Waals surface area contributed by atoms with Gasteiger partial charge in [-0.1, -0.05) is 0 Å². The summed E-state index contributed by atoms with van der Waals surface area (Å²) in [6.07, 6.45) is 0. The number of hydrogen-bond acceptors (Lipinski definition) is 1. The lowest BCUT2D eigenvalue weighted by atomic mass is 10.1. The van der Waals surface area contributed by atoms with Gasteiger partial charge in [0.25, 0.3) is 5.91 Å². The summed E-state index contributed by atoms with van der Waals surface area (Å²) in [5.41, 5.74) is -0.398. The van der Waals surface area contributed by atoms with Crippen molar-refractivity contribution >= 4 is 34.2 Å². The van der Waals surface area contributed by atoms with E-state index in [0.29, 0.717) is 9.64 Å². The van der Waals surface area contributed by atoms with Crippen molar-refractivity contribution in [2.24, 2.45) is 0 Å². The minimum atomic E-state index is -1.72. The summed E-state index contributed by atoms with van der Waals surface area (Å²) in [4.78, 5) is 11.8. The molecule has 0 spiro atoms. The van der Waals surface area contributed by atoms with Gasteiger partial charge in [-0.3, -0.25) is 4.79 Å². The van der Waals surface area contributed by atoms with Crippen LogP contribution in [0.15, 0.2) is 30.3 Å². The molecule has 1 amide bonds. The molecule has 2 rings (SSSR count). The van der Waals surface area contributed by atoms with E-state index in [-0.39, 0.29) is 5.69 Å². The molecule has 0 aliphatic carbocycles. The summed E-state index contributed by atoms with van der Waals surface area (Å²) in [6.45, 7) is 0. The Bertz CT molecular complexity index is 690. The fourth-order valence-corrected chi connectivity index (χ4v) is 2.09. The molecule has 2 aromatic rings. The number of hydrogen-bond donors (Lipinski definition) is 1. The Morgan fingerprint density at radius 1 is 1.00 bits per heavy atom. The van der Waals surface area contributed by atoms with E-state index in [1.54, 1.807) is 22.6 Å². The first-order valence-electron chi connectivity index (χ1n) is 5.30. The van der Waals surface area contributed by atoms with Gasteiger partial charge in [0.05, 0.1) is 11.3 Å². The van der Waals surface area contributed by atoms with Gasteiger partial charge < -0.3 is 5.32 Å². The quantitative estimate of drug-likeness (QED) is 0.463. The molecule has 2 aromatic carbocycles. The number of carbonyl (C=O) groups is 1. The molecule has 0 fully saturated rings. The van der Waals surface area contributed by atoms with Gasteiger partial charge in [-0.05, 0) is 52.9 Å². The van der Waals surface area contributed by atoms with Gasteiger partial charge in [0.2, 0.25) is 0 Å². The maximum Gasteiger partial charge on any atom is 0.258 e. The molecule has 0 radical (unpaired) electrons. The average molecular weight is 395 g/mol. The Balaban J connectivity index is 2.31. The Morgan fingerprint density at radius 3 is 2.35 bits per heavy atom. The third-order valence-electron chi connectivity index (χ3n) is 2.46. The fourth-order valence-electron chi connectivity index (χ4n) is 1.48. The Hall–Kier alpha value is -1.64. The van der Waals surface area contributed by atoms with Crippen LogP contribution in [-0.2, 0) is 0 Å². The van der Waals surface area contributed by atoms with Crippen LogP contribution in [0.2, 0.25) is 0 Å². The zero-order chi connectivity index (χ0) is 14.9. The van der Waals surface area contributed by atoms with E-state index in [1.807, 2.05) is 0 Å². The third kappa shape index (κ3) is 2.92. The zero-order valence-electron chi connectivity index (χ0n) is 9.68. The van der Waals surface area contributed by atoms with Crippen molar-refractivity contribution in [1.82, 2.24) is 0 Å². The largest absolute Gasteiger partial charge is 0.321 e. The highest BCUT2D eigenvalue weighted by molar-refractivity contribution is 14.1. The number of amides is 1. The van der Waals surface area contributed by atoms with Crippen LogP contribution in [0, 0.1) is 26.8 Å². The summed E-state index contributed by atoms with van der Waals surface area (Å²) < 4.78 is 52.5. The van der Waals surface area contributed by atoms with Gasteiger partial charge in [-0.2, -0.15) is 0 Å². The van der Waals surface area contributed by atoms with Gasteiger partial charge in [0.1, 0.15) is 5.82 Å². The fraction of sp³-hybridized carbons (Fsp3) is 0. The van der Waals surface area contributed by atoms with Crippen LogP contribution < -0.4 is 5.32 Å². The predicted octanol–water partition coefficient (Wildman–Crippen LogP) is 4.10. The van der Waals surface area contributed by atoms with E-state index in [2.05, 4.69) is 5.32 Å². The standard InChI is InChI=1S/C13H6F4INO/c14-6-1-4-10(9(18)5-6)19-13(20)7-2-3-8(15)12(17)11(7)16/h1-5H,(H,19,20). The highest BCUT2D eigenvalue weighted by Gasteiger charge is 2.19. The van der Waals surface area contributed by atoms with E-state index in [0.717, 1.165) is 18.2 Å². The molecule has 0 saturated carbocycles. The highest BCUT2D eigenvalue weighted by atomic mass is 127. The van der Waals surface area contributed by atoms with Crippen molar-refractivity contribution < 1.29 is 22.4 Å². The van der Waals surface area contributed by atoms with Crippen molar-refractivity contribution in [2.45, 2.75) is 0 Å². The van der Waals surface area contributed by atoms with E-state index >= 15 is 0 Å². The molecule has 0 bridgehead atoms. The van der Waals surface area contributed by atoms with Gasteiger partial charge in [0, 0.05) is 3.57 Å². The molecule has 0 aromatic heterocycles. The van der Waals surface area contributed by atoms with Crippen LogP contribution in [0.4, 0.5) is 23.2 Å². The van der Waals surface area contributed by atoms with Crippen molar-refractivity contribution in [3.8, 4) is 0 Å². The molecule has 2 nitrogen and oxygen atoms in total. The molecule has 0 saturated heterocycles. The minimum absolute atomic E-state index is 0.237. The van der Waals surface area contributed by atoms with Crippen LogP contribution >= 0.6 is 22.6 Å². The molecule has 0 atom stereocenters. The lowest BCUT2D eigenvalue weighted by Crippen LogP contribution is -2.16. The first kappa shape index (κ1) is 14.8. The number of benzene rings is 2. The highest BCUT2D eigenvalue weighted by Crippen LogP contribution is 2.21. The molecule has 104 valence electrons. The summed E-state index contributed by atoms with van der Waals surface area (Å²) >= 11 is 1.78. The van der Waals surface area contributed by atoms with Gasteiger partial charge in [-0.15, -0.1) is 0 Å². The van der Waals surface area contributed by atoms with Gasteiger partial charge >= 0.3 is 0 Å². The summed E-state index contributed by atoms with van der Waals surface area (Å²) in [5, 5.41) is 2.30. The van der Waals surface area contributed by atoms with Crippen LogP contribution in [0.3, 0.4) is 0 Å². The summed E-state index contributed by atoms with van der Waals surface area (Å²) in [7, 11) is 0. The van der Waals surface area contributed by atoms with E-state index in [1.165, 1.54) is 6.07 Å². The number of carbonyl (C=O) groups excluding carboxylic acids is 1. The van der Waals surface area contributed by atoms with E-state index in [9.17, 15) is 22.4 Å². The van der Waals surface area contributed by atoms with Crippen molar-refractivity contribution in [3.63, 3.8) is 0 Å². The molecule has 7 heteroatoms. The maximum atomic E-state index is 13.4. The Labute approximate surface area is 124 Å². The van der Waals surface area contributed by atoms with Crippen LogP contribution in [0.25, 0.3) is 0 Å². The molecule has 1 N–H and O–H groups in total. The monoisotopic (exact) mass is 395 g/mol. The number of halogens is 5. The first-order chi connectivity index (χ1) is 9.40. The van der Waals surface area contributed by atoms with Crippen LogP contribution in [-0.4, -0.2) is 5.91 Å². The van der Waals surface area contributed by atoms with Crippen molar-refractivity contribution in [1.29, 1.82) is 0 Å². The van der Waals surface area contributed by atoms with Crippen LogP contribution in [0.1, 0.15) is 10.4 Å². The first-order valence-corrected chi connectivity index (χ1v) is 6.38. The smallest absolute Gasteiger partial charge is 0.258 e. The molecule has 0 aliphatic rings. The number of anilines is 1. The second-order valence-corrected chi connectivity index (χ2v) is 4.96. The normalized spacial score (nSPS) is 10.4.